The van der Waals surface area contributed by atoms with E-state index in [0.717, 1.165) is 24.8 Å². The monoisotopic (exact) mass is 227 g/mol. The third kappa shape index (κ3) is 2.51. The molecule has 1 fully saturated rings. The lowest BCUT2D eigenvalue weighted by Gasteiger charge is -2.41. The molecular weight excluding hydrogens is 206 g/mol. The lowest BCUT2D eigenvalue weighted by Crippen LogP contribution is -2.48. The first-order valence-electron chi connectivity index (χ1n) is 5.90. The molecule has 86 valence electrons. The van der Waals surface area contributed by atoms with Crippen molar-refractivity contribution >= 4 is 10.8 Å². The third-order valence-electron chi connectivity index (χ3n) is 3.89. The Morgan fingerprint density at radius 1 is 1.60 bits per heavy atom. The number of allylic oxidation sites excluding steroid dienone is 1. The Hall–Kier alpha value is -0.150. The summed E-state index contributed by atoms with van der Waals surface area (Å²) in [4.78, 5) is 0. The Morgan fingerprint density at radius 3 is 3.07 bits per heavy atom. The van der Waals surface area contributed by atoms with Crippen LogP contribution in [0.4, 0.5) is 0 Å². The molecule has 0 radical (unpaired) electrons. The van der Waals surface area contributed by atoms with Crippen molar-refractivity contribution in [3.63, 3.8) is 0 Å². The van der Waals surface area contributed by atoms with Gasteiger partial charge < -0.3 is 5.32 Å². The van der Waals surface area contributed by atoms with Crippen molar-refractivity contribution in [1.82, 2.24) is 5.32 Å². The maximum Gasteiger partial charge on any atom is 0.0329 e. The number of fused-ring (bicyclic) bond motifs is 1. The first-order chi connectivity index (χ1) is 7.18. The highest BCUT2D eigenvalue weighted by atomic mass is 32.2. The molecule has 2 nitrogen and oxygen atoms in total. The van der Waals surface area contributed by atoms with Crippen LogP contribution in [0.25, 0.3) is 0 Å². The number of nitrogens with one attached hydrogen (secondary N) is 1. The number of hydrogen-bond donors (Lipinski definition) is 1. The van der Waals surface area contributed by atoms with Gasteiger partial charge in [-0.15, -0.1) is 0 Å². The lowest BCUT2D eigenvalue weighted by atomic mass is 9.71. The zero-order chi connectivity index (χ0) is 10.8. The molecule has 3 heteroatoms. The molecule has 0 amide bonds. The Kier molecular flexibility index (Phi) is 3.62. The normalized spacial score (nSPS) is 37.1. The molecule has 0 aromatic rings. The Balaban J connectivity index is 1.63. The van der Waals surface area contributed by atoms with Gasteiger partial charge in [0.1, 0.15) is 0 Å². The van der Waals surface area contributed by atoms with Crippen molar-refractivity contribution in [1.29, 1.82) is 0 Å². The largest absolute Gasteiger partial charge is 0.313 e. The van der Waals surface area contributed by atoms with Crippen LogP contribution in [0.1, 0.15) is 26.2 Å². The molecule has 0 bridgehead atoms. The van der Waals surface area contributed by atoms with E-state index in [-0.39, 0.29) is 0 Å². The highest BCUT2D eigenvalue weighted by Crippen LogP contribution is 2.42. The van der Waals surface area contributed by atoms with Crippen molar-refractivity contribution in [2.24, 2.45) is 11.8 Å². The van der Waals surface area contributed by atoms with Gasteiger partial charge in [0.15, 0.2) is 0 Å². The molecule has 1 saturated carbocycles. The van der Waals surface area contributed by atoms with Gasteiger partial charge in [-0.1, -0.05) is 19.1 Å². The van der Waals surface area contributed by atoms with Crippen LogP contribution >= 0.6 is 0 Å². The third-order valence-corrected chi connectivity index (χ3v) is 5.26. The van der Waals surface area contributed by atoms with Crippen molar-refractivity contribution in [3.05, 3.63) is 12.2 Å². The zero-order valence-electron chi connectivity index (χ0n) is 9.61. The standard InChI is InChI=1S/C12H21NOS/c1-9(15(2)14)6-7-13-12-8-10-4-3-5-11(10)12/h3,5,9-13H,4,6-8H2,1-2H3. The molecule has 2 aliphatic rings. The van der Waals surface area contributed by atoms with Crippen LogP contribution < -0.4 is 5.32 Å². The minimum absolute atomic E-state index is 0.326. The Morgan fingerprint density at radius 2 is 2.40 bits per heavy atom. The van der Waals surface area contributed by atoms with Crippen LogP contribution in [-0.4, -0.2) is 28.3 Å². The Labute approximate surface area is 95.0 Å². The molecule has 5 atom stereocenters. The van der Waals surface area contributed by atoms with E-state index >= 15 is 0 Å². The predicted octanol–water partition coefficient (Wildman–Crippen LogP) is 1.70. The molecule has 15 heavy (non-hydrogen) atoms. The van der Waals surface area contributed by atoms with Crippen LogP contribution in [0, 0.1) is 11.8 Å². The molecule has 0 aliphatic heterocycles. The van der Waals surface area contributed by atoms with E-state index in [4.69, 9.17) is 0 Å². The fraction of sp³-hybridized carbons (Fsp3) is 0.833. The summed E-state index contributed by atoms with van der Waals surface area (Å²) in [6.45, 7) is 3.08. The summed E-state index contributed by atoms with van der Waals surface area (Å²) in [7, 11) is -0.668. The highest BCUT2D eigenvalue weighted by Gasteiger charge is 2.40. The maximum absolute atomic E-state index is 11.2. The summed E-state index contributed by atoms with van der Waals surface area (Å²) in [5.41, 5.74) is 0. The molecule has 0 aromatic heterocycles. The molecule has 0 heterocycles. The topological polar surface area (TPSA) is 29.1 Å². The molecule has 0 spiro atoms. The average molecular weight is 227 g/mol. The highest BCUT2D eigenvalue weighted by molar-refractivity contribution is 7.84. The van der Waals surface area contributed by atoms with Crippen LogP contribution in [0.2, 0.25) is 0 Å². The Bertz CT molecular complexity index is 277. The second-order valence-corrected chi connectivity index (χ2v) is 6.70. The van der Waals surface area contributed by atoms with Crippen molar-refractivity contribution in [2.75, 3.05) is 12.8 Å². The zero-order valence-corrected chi connectivity index (χ0v) is 10.4. The van der Waals surface area contributed by atoms with E-state index in [1.165, 1.54) is 12.8 Å². The summed E-state index contributed by atoms with van der Waals surface area (Å²) < 4.78 is 11.2. The van der Waals surface area contributed by atoms with E-state index < -0.39 is 10.8 Å². The predicted molar refractivity (Wildman–Crippen MR) is 65.3 cm³/mol. The van der Waals surface area contributed by atoms with Gasteiger partial charge in [-0.2, -0.15) is 0 Å². The van der Waals surface area contributed by atoms with E-state index in [1.807, 2.05) is 0 Å². The lowest BCUT2D eigenvalue weighted by molar-refractivity contribution is 0.163. The first kappa shape index (κ1) is 11.3. The maximum atomic E-state index is 11.2. The van der Waals surface area contributed by atoms with Crippen molar-refractivity contribution in [2.45, 2.75) is 37.5 Å². The summed E-state index contributed by atoms with van der Waals surface area (Å²) in [6.07, 6.45) is 10.1. The van der Waals surface area contributed by atoms with Gasteiger partial charge in [-0.05, 0) is 37.6 Å². The summed E-state index contributed by atoms with van der Waals surface area (Å²) in [6, 6.07) is 0.700. The average Bonchev–Trinajstić information content (AvgIpc) is 2.54. The first-order valence-corrected chi connectivity index (χ1v) is 7.53. The SMILES string of the molecule is CC(CCNC1CC2CC=CC21)S(C)=O. The molecule has 1 N–H and O–H groups in total. The van der Waals surface area contributed by atoms with Crippen LogP contribution in [-0.2, 0) is 10.8 Å². The summed E-state index contributed by atoms with van der Waals surface area (Å²) in [5.74, 6) is 1.73. The van der Waals surface area contributed by atoms with Crippen molar-refractivity contribution in [3.8, 4) is 0 Å². The van der Waals surface area contributed by atoms with Gasteiger partial charge in [0.25, 0.3) is 0 Å². The van der Waals surface area contributed by atoms with Gasteiger partial charge in [-0.25, -0.2) is 0 Å². The minimum atomic E-state index is -0.668. The van der Waals surface area contributed by atoms with Gasteiger partial charge >= 0.3 is 0 Å². The van der Waals surface area contributed by atoms with Crippen LogP contribution in [0.15, 0.2) is 12.2 Å². The number of rotatable bonds is 5. The molecule has 2 aliphatic carbocycles. The molecule has 5 unspecified atom stereocenters. The quantitative estimate of drug-likeness (QED) is 0.724. The van der Waals surface area contributed by atoms with Crippen LogP contribution in [0.5, 0.6) is 0 Å². The second kappa shape index (κ2) is 4.79. The van der Waals surface area contributed by atoms with E-state index in [0.29, 0.717) is 11.3 Å². The fourth-order valence-electron chi connectivity index (χ4n) is 2.59. The molecule has 0 saturated heterocycles. The second-order valence-electron chi connectivity index (χ2n) is 4.90. The minimum Gasteiger partial charge on any atom is -0.313 e. The van der Waals surface area contributed by atoms with E-state index in [1.54, 1.807) is 6.26 Å². The molecule has 2 rings (SSSR count). The van der Waals surface area contributed by atoms with Crippen molar-refractivity contribution < 1.29 is 4.21 Å². The fourth-order valence-corrected chi connectivity index (χ4v) is 3.04. The van der Waals surface area contributed by atoms with Gasteiger partial charge in [0, 0.05) is 28.3 Å². The van der Waals surface area contributed by atoms with E-state index in [9.17, 15) is 4.21 Å². The summed E-state index contributed by atoms with van der Waals surface area (Å²) in [5, 5.41) is 3.92. The summed E-state index contributed by atoms with van der Waals surface area (Å²) >= 11 is 0. The van der Waals surface area contributed by atoms with E-state index in [2.05, 4.69) is 24.4 Å². The van der Waals surface area contributed by atoms with Crippen LogP contribution in [0.3, 0.4) is 0 Å². The number of hydrogen-bond acceptors (Lipinski definition) is 2. The molecular formula is C12H21NOS. The van der Waals surface area contributed by atoms with Gasteiger partial charge in [0.2, 0.25) is 0 Å². The smallest absolute Gasteiger partial charge is 0.0329 e. The van der Waals surface area contributed by atoms with Gasteiger partial charge in [0.05, 0.1) is 0 Å². The van der Waals surface area contributed by atoms with Gasteiger partial charge in [-0.3, -0.25) is 4.21 Å². The molecule has 0 aromatic carbocycles.